The van der Waals surface area contributed by atoms with Crippen molar-refractivity contribution in [2.75, 3.05) is 6.54 Å². The normalized spacial score (nSPS) is 12.3. The van der Waals surface area contributed by atoms with Gasteiger partial charge in [0, 0.05) is 11.0 Å². The minimum atomic E-state index is -1.38. The van der Waals surface area contributed by atoms with Crippen LogP contribution in [-0.4, -0.2) is 14.6 Å². The molecule has 0 radical (unpaired) electrons. The van der Waals surface area contributed by atoms with E-state index in [4.69, 9.17) is 0 Å². The van der Waals surface area contributed by atoms with Crippen molar-refractivity contribution in [3.63, 3.8) is 0 Å². The maximum Gasteiger partial charge on any atom is 0.129 e. The molecule has 1 N–H and O–H groups in total. The second-order valence-electron chi connectivity index (χ2n) is 6.69. The highest BCUT2D eigenvalue weighted by Gasteiger charge is 2.11. The fraction of sp³-hybridized carbons (Fsp3) is 0.300. The molecule has 0 aliphatic rings. The maximum absolute atomic E-state index is 3.61. The Bertz CT molecular complexity index is 663. The molecule has 2 aromatic rings. The smallest absolute Gasteiger partial charge is 0.129 e. The molecule has 0 fully saturated rings. The molecule has 0 aliphatic carbocycles. The third-order valence-electron chi connectivity index (χ3n) is 3.40. The summed E-state index contributed by atoms with van der Waals surface area (Å²) in [6.45, 7) is 7.76. The quantitative estimate of drug-likeness (QED) is 0.550. The Morgan fingerprint density at radius 1 is 1.00 bits per heavy atom. The van der Waals surface area contributed by atoms with Crippen molar-refractivity contribution in [2.45, 2.75) is 32.1 Å². The average molecular weight is 386 g/mol. The van der Waals surface area contributed by atoms with E-state index >= 15 is 0 Å². The van der Waals surface area contributed by atoms with Crippen molar-refractivity contribution in [3.8, 4) is 11.5 Å². The Morgan fingerprint density at radius 3 is 2.26 bits per heavy atom. The molecular formula is C20H24BrNSi. The summed E-state index contributed by atoms with van der Waals surface area (Å²) < 4.78 is 1.10. The summed E-state index contributed by atoms with van der Waals surface area (Å²) in [5.41, 5.74) is 6.08. The Hall–Kier alpha value is -1.34. The first kappa shape index (κ1) is 18.0. The van der Waals surface area contributed by atoms with Gasteiger partial charge >= 0.3 is 0 Å². The van der Waals surface area contributed by atoms with Crippen LogP contribution in [0.3, 0.4) is 0 Å². The summed E-state index contributed by atoms with van der Waals surface area (Å²) in [4.78, 5) is 0. The van der Waals surface area contributed by atoms with E-state index in [0.717, 1.165) is 17.4 Å². The molecular weight excluding hydrogens is 362 g/mol. The lowest BCUT2D eigenvalue weighted by atomic mass is 10.1. The molecule has 1 nitrogen and oxygen atoms in total. The van der Waals surface area contributed by atoms with Crippen LogP contribution < -0.4 is 5.32 Å². The van der Waals surface area contributed by atoms with Gasteiger partial charge in [-0.25, -0.2) is 0 Å². The standard InChI is InChI=1S/C20H24BrNSi/c1-23(2,3)16-14-20(18-9-11-19(21)12-10-18)22-15-13-17-7-5-4-6-8-17/h4-12,20,22H,13,15H2,1-3H3. The van der Waals surface area contributed by atoms with Gasteiger partial charge in [-0.3, -0.25) is 5.32 Å². The highest BCUT2D eigenvalue weighted by atomic mass is 79.9. The summed E-state index contributed by atoms with van der Waals surface area (Å²) in [6.07, 6.45) is 1.02. The predicted octanol–water partition coefficient (Wildman–Crippen LogP) is 5.20. The van der Waals surface area contributed by atoms with Gasteiger partial charge in [-0.05, 0) is 29.7 Å². The van der Waals surface area contributed by atoms with Crippen LogP contribution in [-0.2, 0) is 6.42 Å². The van der Waals surface area contributed by atoms with Gasteiger partial charge in [0.2, 0.25) is 0 Å². The molecule has 0 saturated carbocycles. The van der Waals surface area contributed by atoms with Crippen LogP contribution in [0.1, 0.15) is 17.2 Å². The van der Waals surface area contributed by atoms with Gasteiger partial charge in [0.15, 0.2) is 0 Å². The van der Waals surface area contributed by atoms with Crippen molar-refractivity contribution >= 4 is 24.0 Å². The first-order chi connectivity index (χ1) is 10.9. The lowest BCUT2D eigenvalue weighted by molar-refractivity contribution is 0.635. The summed E-state index contributed by atoms with van der Waals surface area (Å²) >= 11 is 3.50. The van der Waals surface area contributed by atoms with E-state index in [1.165, 1.54) is 11.1 Å². The van der Waals surface area contributed by atoms with Crippen LogP contribution in [0.4, 0.5) is 0 Å². The van der Waals surface area contributed by atoms with Crippen molar-refractivity contribution < 1.29 is 0 Å². The van der Waals surface area contributed by atoms with Crippen LogP contribution in [0.2, 0.25) is 19.6 Å². The van der Waals surface area contributed by atoms with E-state index in [1.807, 2.05) is 0 Å². The summed E-state index contributed by atoms with van der Waals surface area (Å²) in [7, 11) is -1.38. The zero-order valence-electron chi connectivity index (χ0n) is 14.1. The number of hydrogen-bond donors (Lipinski definition) is 1. The summed E-state index contributed by atoms with van der Waals surface area (Å²) in [6, 6.07) is 19.1. The molecule has 2 rings (SSSR count). The Labute approximate surface area is 149 Å². The van der Waals surface area contributed by atoms with Crippen molar-refractivity contribution in [1.29, 1.82) is 0 Å². The largest absolute Gasteiger partial charge is 0.300 e. The maximum atomic E-state index is 3.61. The second-order valence-corrected chi connectivity index (χ2v) is 12.4. The van der Waals surface area contributed by atoms with Gasteiger partial charge in [0.05, 0.1) is 6.04 Å². The van der Waals surface area contributed by atoms with Crippen molar-refractivity contribution in [2.24, 2.45) is 0 Å². The minimum Gasteiger partial charge on any atom is -0.300 e. The number of hydrogen-bond acceptors (Lipinski definition) is 1. The third kappa shape index (κ3) is 6.74. The number of halogens is 1. The van der Waals surface area contributed by atoms with Crippen molar-refractivity contribution in [3.05, 3.63) is 70.2 Å². The number of benzene rings is 2. The van der Waals surface area contributed by atoms with E-state index in [1.54, 1.807) is 0 Å². The summed E-state index contributed by atoms with van der Waals surface area (Å²) in [5.74, 6) is 3.47. The molecule has 0 bridgehead atoms. The van der Waals surface area contributed by atoms with E-state index < -0.39 is 8.07 Å². The molecule has 0 amide bonds. The van der Waals surface area contributed by atoms with E-state index in [0.29, 0.717) is 0 Å². The van der Waals surface area contributed by atoms with Gasteiger partial charge < -0.3 is 0 Å². The molecule has 1 atom stereocenters. The monoisotopic (exact) mass is 385 g/mol. The van der Waals surface area contributed by atoms with E-state index in [2.05, 4.69) is 107 Å². The zero-order valence-corrected chi connectivity index (χ0v) is 16.7. The van der Waals surface area contributed by atoms with Gasteiger partial charge in [0.25, 0.3) is 0 Å². The van der Waals surface area contributed by atoms with Gasteiger partial charge in [0.1, 0.15) is 8.07 Å². The molecule has 120 valence electrons. The van der Waals surface area contributed by atoms with Crippen LogP contribution in [0.25, 0.3) is 0 Å². The van der Waals surface area contributed by atoms with Crippen LogP contribution in [0.5, 0.6) is 0 Å². The fourth-order valence-corrected chi connectivity index (χ4v) is 3.04. The molecule has 0 saturated heterocycles. The molecule has 0 aromatic heterocycles. The average Bonchev–Trinajstić information content (AvgIpc) is 2.52. The van der Waals surface area contributed by atoms with E-state index in [-0.39, 0.29) is 6.04 Å². The predicted molar refractivity (Wildman–Crippen MR) is 106 cm³/mol. The molecule has 1 unspecified atom stereocenters. The molecule has 0 spiro atoms. The minimum absolute atomic E-state index is 0.0959. The van der Waals surface area contributed by atoms with Gasteiger partial charge in [-0.2, -0.15) is 0 Å². The first-order valence-corrected chi connectivity index (χ1v) is 12.3. The Morgan fingerprint density at radius 2 is 1.65 bits per heavy atom. The molecule has 0 aliphatic heterocycles. The molecule has 3 heteroatoms. The SMILES string of the molecule is C[Si](C)(C)C#CC(NCCc1ccccc1)c1ccc(Br)cc1. The highest BCUT2D eigenvalue weighted by Crippen LogP contribution is 2.17. The van der Waals surface area contributed by atoms with Crippen LogP contribution in [0, 0.1) is 11.5 Å². The number of rotatable bonds is 5. The zero-order chi connectivity index (χ0) is 16.7. The lowest BCUT2D eigenvalue weighted by Crippen LogP contribution is -2.24. The first-order valence-electron chi connectivity index (χ1n) is 7.99. The van der Waals surface area contributed by atoms with Crippen molar-refractivity contribution in [1.82, 2.24) is 5.32 Å². The number of nitrogens with one attached hydrogen (secondary N) is 1. The topological polar surface area (TPSA) is 12.0 Å². The summed E-state index contributed by atoms with van der Waals surface area (Å²) in [5, 5.41) is 3.61. The molecule has 2 aromatic carbocycles. The Balaban J connectivity index is 2.06. The second kappa shape index (κ2) is 8.49. The highest BCUT2D eigenvalue weighted by molar-refractivity contribution is 9.10. The third-order valence-corrected chi connectivity index (χ3v) is 4.82. The van der Waals surface area contributed by atoms with Gasteiger partial charge in [-0.15, -0.1) is 5.54 Å². The van der Waals surface area contributed by atoms with Crippen LogP contribution >= 0.6 is 15.9 Å². The van der Waals surface area contributed by atoms with Crippen LogP contribution in [0.15, 0.2) is 59.1 Å². The lowest BCUT2D eigenvalue weighted by Gasteiger charge is -2.15. The Kier molecular flexibility index (Phi) is 6.65. The molecule has 0 heterocycles. The van der Waals surface area contributed by atoms with Gasteiger partial charge in [-0.1, -0.05) is 84.0 Å². The molecule has 23 heavy (non-hydrogen) atoms. The van der Waals surface area contributed by atoms with E-state index in [9.17, 15) is 0 Å². The fourth-order valence-electron chi connectivity index (χ4n) is 2.20.